The zero-order valence-corrected chi connectivity index (χ0v) is 15.5. The second kappa shape index (κ2) is 8.03. The van der Waals surface area contributed by atoms with E-state index in [1.54, 1.807) is 36.4 Å². The quantitative estimate of drug-likeness (QED) is 0.849. The molecule has 2 aromatic rings. The Morgan fingerprint density at radius 2 is 1.85 bits per heavy atom. The number of hydrogen-bond acceptors (Lipinski definition) is 3. The van der Waals surface area contributed by atoms with Crippen molar-refractivity contribution in [1.82, 2.24) is 0 Å². The van der Waals surface area contributed by atoms with Crippen LogP contribution in [0.4, 0.5) is 17.1 Å². The number of nitrogens with one attached hydrogen (secondary N) is 2. The van der Waals surface area contributed by atoms with E-state index in [0.29, 0.717) is 22.6 Å². The Bertz CT molecular complexity index is 861. The first-order chi connectivity index (χ1) is 13.0. The maximum Gasteiger partial charge on any atom is 0.258 e. The highest BCUT2D eigenvalue weighted by Gasteiger charge is 2.27. The summed E-state index contributed by atoms with van der Waals surface area (Å²) < 4.78 is 0. The van der Waals surface area contributed by atoms with Gasteiger partial charge in [0.15, 0.2) is 0 Å². The molecule has 0 unspecified atom stereocenters. The minimum absolute atomic E-state index is 0.0249. The van der Waals surface area contributed by atoms with E-state index in [1.165, 1.54) is 4.90 Å². The number of anilines is 3. The lowest BCUT2D eigenvalue weighted by Gasteiger charge is -2.29. The van der Waals surface area contributed by atoms with Gasteiger partial charge in [0.05, 0.1) is 11.4 Å². The van der Waals surface area contributed by atoms with Crippen LogP contribution in [-0.4, -0.2) is 24.3 Å². The zero-order chi connectivity index (χ0) is 19.4. The van der Waals surface area contributed by atoms with Crippen molar-refractivity contribution in [3.05, 3.63) is 54.1 Å². The molecule has 0 bridgehead atoms. The summed E-state index contributed by atoms with van der Waals surface area (Å²) in [5, 5.41) is 5.63. The molecule has 0 aromatic heterocycles. The van der Waals surface area contributed by atoms with Gasteiger partial charge in [0.2, 0.25) is 11.8 Å². The van der Waals surface area contributed by atoms with E-state index in [-0.39, 0.29) is 30.2 Å². The van der Waals surface area contributed by atoms with E-state index >= 15 is 0 Å². The number of hydrogen-bond donors (Lipinski definition) is 2. The molecule has 6 heteroatoms. The van der Waals surface area contributed by atoms with Crippen molar-refractivity contribution in [1.29, 1.82) is 0 Å². The number of benzene rings is 2. The summed E-state index contributed by atoms with van der Waals surface area (Å²) in [4.78, 5) is 38.4. The lowest BCUT2D eigenvalue weighted by atomic mass is 10.1. The molecule has 2 aromatic carbocycles. The molecule has 0 spiro atoms. The van der Waals surface area contributed by atoms with E-state index in [9.17, 15) is 14.4 Å². The molecule has 3 rings (SSSR count). The first-order valence-corrected chi connectivity index (χ1v) is 9.11. The number of para-hydroxylation sites is 2. The van der Waals surface area contributed by atoms with Crippen LogP contribution in [0.15, 0.2) is 48.5 Å². The molecular formula is C21H23N3O3. The predicted octanol–water partition coefficient (Wildman–Crippen LogP) is 3.66. The standard InChI is InChI=1S/C21H23N3O3/c1-3-6-14(2)20(26)22-16-11-9-15(10-12-16)21(27)24-13-19(25)23-17-7-4-5-8-18(17)24/h4-5,7-12,14H,3,6,13H2,1-2H3,(H,22,26)(H,23,25)/t14-/m1/s1. The minimum atomic E-state index is -0.255. The van der Waals surface area contributed by atoms with Crippen LogP contribution >= 0.6 is 0 Å². The van der Waals surface area contributed by atoms with Crippen LogP contribution in [0.3, 0.4) is 0 Å². The van der Waals surface area contributed by atoms with Gasteiger partial charge in [-0.25, -0.2) is 0 Å². The van der Waals surface area contributed by atoms with Gasteiger partial charge in [-0.3, -0.25) is 19.3 Å². The summed E-state index contributed by atoms with van der Waals surface area (Å²) in [6, 6.07) is 13.9. The maximum absolute atomic E-state index is 12.9. The van der Waals surface area contributed by atoms with Gasteiger partial charge in [-0.15, -0.1) is 0 Å². The molecule has 0 saturated carbocycles. The highest BCUT2D eigenvalue weighted by atomic mass is 16.2. The molecule has 0 saturated heterocycles. The summed E-state index contributed by atoms with van der Waals surface area (Å²) in [6.45, 7) is 3.92. The zero-order valence-electron chi connectivity index (χ0n) is 15.5. The van der Waals surface area contributed by atoms with E-state index in [4.69, 9.17) is 0 Å². The first-order valence-electron chi connectivity index (χ1n) is 9.11. The Hall–Kier alpha value is -3.15. The Labute approximate surface area is 158 Å². The molecule has 1 aliphatic rings. The molecule has 2 N–H and O–H groups in total. The van der Waals surface area contributed by atoms with Gasteiger partial charge in [-0.05, 0) is 42.8 Å². The number of fused-ring (bicyclic) bond motifs is 1. The normalized spacial score (nSPS) is 14.1. The second-order valence-electron chi connectivity index (χ2n) is 6.71. The molecule has 1 atom stereocenters. The van der Waals surface area contributed by atoms with Gasteiger partial charge in [0.25, 0.3) is 5.91 Å². The summed E-state index contributed by atoms with van der Waals surface area (Å²) in [5.41, 5.74) is 2.40. The fourth-order valence-corrected chi connectivity index (χ4v) is 3.10. The Balaban J connectivity index is 1.75. The lowest BCUT2D eigenvalue weighted by molar-refractivity contribution is -0.119. The first kappa shape index (κ1) is 18.6. The van der Waals surface area contributed by atoms with Crippen molar-refractivity contribution in [2.75, 3.05) is 22.1 Å². The molecule has 0 aliphatic carbocycles. The van der Waals surface area contributed by atoms with Crippen molar-refractivity contribution < 1.29 is 14.4 Å². The fourth-order valence-electron chi connectivity index (χ4n) is 3.10. The Kier molecular flexibility index (Phi) is 5.54. The number of amides is 3. The number of carbonyl (C=O) groups excluding carboxylic acids is 3. The van der Waals surface area contributed by atoms with Crippen LogP contribution < -0.4 is 15.5 Å². The molecule has 0 fully saturated rings. The molecule has 1 heterocycles. The second-order valence-corrected chi connectivity index (χ2v) is 6.71. The molecular weight excluding hydrogens is 342 g/mol. The van der Waals surface area contributed by atoms with Gasteiger partial charge in [-0.1, -0.05) is 32.4 Å². The minimum Gasteiger partial charge on any atom is -0.326 e. The SMILES string of the molecule is CCC[C@@H](C)C(=O)Nc1ccc(C(=O)N2CC(=O)Nc3ccccc32)cc1. The molecule has 140 valence electrons. The van der Waals surface area contributed by atoms with Crippen molar-refractivity contribution in [2.45, 2.75) is 26.7 Å². The van der Waals surface area contributed by atoms with Crippen LogP contribution in [0, 0.1) is 5.92 Å². The van der Waals surface area contributed by atoms with Gasteiger partial charge in [-0.2, -0.15) is 0 Å². The van der Waals surface area contributed by atoms with Crippen LogP contribution in [0.5, 0.6) is 0 Å². The number of rotatable bonds is 5. The Morgan fingerprint density at radius 1 is 1.15 bits per heavy atom. The van der Waals surface area contributed by atoms with Gasteiger partial charge < -0.3 is 10.6 Å². The predicted molar refractivity (Wildman–Crippen MR) is 106 cm³/mol. The van der Waals surface area contributed by atoms with Gasteiger partial charge in [0.1, 0.15) is 6.54 Å². The topological polar surface area (TPSA) is 78.5 Å². The summed E-state index contributed by atoms with van der Waals surface area (Å²) in [7, 11) is 0. The highest BCUT2D eigenvalue weighted by molar-refractivity contribution is 6.15. The molecule has 3 amide bonds. The van der Waals surface area contributed by atoms with E-state index < -0.39 is 0 Å². The summed E-state index contributed by atoms with van der Waals surface area (Å²) in [5.74, 6) is -0.567. The third-order valence-corrected chi connectivity index (χ3v) is 4.58. The molecule has 6 nitrogen and oxygen atoms in total. The van der Waals surface area contributed by atoms with Crippen molar-refractivity contribution in [3.8, 4) is 0 Å². The van der Waals surface area contributed by atoms with Crippen LogP contribution in [0.2, 0.25) is 0 Å². The van der Waals surface area contributed by atoms with Gasteiger partial charge >= 0.3 is 0 Å². The number of nitrogens with zero attached hydrogens (tertiary/aromatic N) is 1. The monoisotopic (exact) mass is 365 g/mol. The maximum atomic E-state index is 12.9. The average Bonchev–Trinajstić information content (AvgIpc) is 2.67. The number of carbonyl (C=O) groups is 3. The fraction of sp³-hybridized carbons (Fsp3) is 0.286. The Morgan fingerprint density at radius 3 is 2.56 bits per heavy atom. The average molecular weight is 365 g/mol. The van der Waals surface area contributed by atoms with Crippen molar-refractivity contribution in [2.24, 2.45) is 5.92 Å². The van der Waals surface area contributed by atoms with Crippen LogP contribution in [-0.2, 0) is 9.59 Å². The third kappa shape index (κ3) is 4.16. The van der Waals surface area contributed by atoms with Crippen molar-refractivity contribution >= 4 is 34.8 Å². The van der Waals surface area contributed by atoms with Gasteiger partial charge in [0, 0.05) is 17.2 Å². The van der Waals surface area contributed by atoms with E-state index in [0.717, 1.165) is 12.8 Å². The molecule has 0 radical (unpaired) electrons. The molecule has 1 aliphatic heterocycles. The smallest absolute Gasteiger partial charge is 0.258 e. The molecule has 27 heavy (non-hydrogen) atoms. The van der Waals surface area contributed by atoms with E-state index in [2.05, 4.69) is 10.6 Å². The largest absolute Gasteiger partial charge is 0.326 e. The van der Waals surface area contributed by atoms with Crippen LogP contribution in [0.1, 0.15) is 37.0 Å². The van der Waals surface area contributed by atoms with Crippen LogP contribution in [0.25, 0.3) is 0 Å². The summed E-state index contributed by atoms with van der Waals surface area (Å²) >= 11 is 0. The van der Waals surface area contributed by atoms with Crippen molar-refractivity contribution in [3.63, 3.8) is 0 Å². The lowest BCUT2D eigenvalue weighted by Crippen LogP contribution is -2.42. The summed E-state index contributed by atoms with van der Waals surface area (Å²) in [6.07, 6.45) is 1.78. The van der Waals surface area contributed by atoms with E-state index in [1.807, 2.05) is 26.0 Å². The highest BCUT2D eigenvalue weighted by Crippen LogP contribution is 2.30. The third-order valence-electron chi connectivity index (χ3n) is 4.58.